The van der Waals surface area contributed by atoms with Crippen molar-refractivity contribution in [3.8, 4) is 5.75 Å². The van der Waals surface area contributed by atoms with Crippen LogP contribution in [-0.2, 0) is 11.3 Å². The number of nitrogens with zero attached hydrogens (tertiary/aromatic N) is 3. The van der Waals surface area contributed by atoms with E-state index in [0.717, 1.165) is 70.3 Å². The van der Waals surface area contributed by atoms with Gasteiger partial charge >= 0.3 is 0 Å². The SMILES string of the molecule is COc1ccc(N2CCN(C(=O)c3ccc(CN4CCOCC4)cc3)CC2)cc1. The lowest BCUT2D eigenvalue weighted by Crippen LogP contribution is -2.48. The Balaban J connectivity index is 1.30. The second-order valence-corrected chi connectivity index (χ2v) is 7.56. The minimum Gasteiger partial charge on any atom is -0.497 e. The first-order valence-corrected chi connectivity index (χ1v) is 10.3. The van der Waals surface area contributed by atoms with E-state index in [1.54, 1.807) is 7.11 Å². The summed E-state index contributed by atoms with van der Waals surface area (Å²) in [4.78, 5) is 19.5. The lowest BCUT2D eigenvalue weighted by atomic mass is 10.1. The fourth-order valence-electron chi connectivity index (χ4n) is 3.91. The molecule has 2 aromatic carbocycles. The molecule has 4 rings (SSSR count). The Morgan fingerprint density at radius 2 is 1.55 bits per heavy atom. The summed E-state index contributed by atoms with van der Waals surface area (Å²) in [6, 6.07) is 16.2. The molecule has 2 fully saturated rings. The number of methoxy groups -OCH3 is 1. The average Bonchev–Trinajstić information content (AvgIpc) is 2.80. The van der Waals surface area contributed by atoms with Crippen molar-refractivity contribution < 1.29 is 14.3 Å². The molecule has 0 radical (unpaired) electrons. The van der Waals surface area contributed by atoms with Gasteiger partial charge in [-0.3, -0.25) is 9.69 Å². The van der Waals surface area contributed by atoms with Crippen LogP contribution in [0.5, 0.6) is 5.75 Å². The molecule has 2 heterocycles. The van der Waals surface area contributed by atoms with Crippen molar-refractivity contribution in [1.29, 1.82) is 0 Å². The third-order valence-electron chi connectivity index (χ3n) is 5.72. The summed E-state index contributed by atoms with van der Waals surface area (Å²) >= 11 is 0. The molecule has 2 saturated heterocycles. The van der Waals surface area contributed by atoms with Gasteiger partial charge < -0.3 is 19.3 Å². The second-order valence-electron chi connectivity index (χ2n) is 7.56. The molecule has 0 spiro atoms. The standard InChI is InChI=1S/C23H29N3O3/c1-28-22-8-6-21(7-9-22)25-10-12-26(13-11-25)23(27)20-4-2-19(3-5-20)18-24-14-16-29-17-15-24/h2-9H,10-18H2,1H3. The van der Waals surface area contributed by atoms with Crippen LogP contribution in [0, 0.1) is 0 Å². The zero-order valence-corrected chi connectivity index (χ0v) is 17.0. The molecule has 6 nitrogen and oxygen atoms in total. The summed E-state index contributed by atoms with van der Waals surface area (Å²) in [7, 11) is 1.68. The first-order valence-electron chi connectivity index (χ1n) is 10.3. The zero-order valence-electron chi connectivity index (χ0n) is 17.0. The second kappa shape index (κ2) is 9.29. The smallest absolute Gasteiger partial charge is 0.253 e. The third kappa shape index (κ3) is 4.89. The van der Waals surface area contributed by atoms with Gasteiger partial charge in [0.25, 0.3) is 5.91 Å². The van der Waals surface area contributed by atoms with Crippen molar-refractivity contribution in [2.24, 2.45) is 0 Å². The van der Waals surface area contributed by atoms with E-state index in [4.69, 9.17) is 9.47 Å². The first kappa shape index (κ1) is 19.7. The number of amides is 1. The molecule has 2 aromatic rings. The van der Waals surface area contributed by atoms with E-state index in [0.29, 0.717) is 0 Å². The van der Waals surface area contributed by atoms with Gasteiger partial charge in [0.15, 0.2) is 0 Å². The number of rotatable bonds is 5. The van der Waals surface area contributed by atoms with Crippen LogP contribution in [0.25, 0.3) is 0 Å². The normalized spacial score (nSPS) is 18.0. The van der Waals surface area contributed by atoms with E-state index >= 15 is 0 Å². The molecule has 6 heteroatoms. The molecule has 0 saturated carbocycles. The fourth-order valence-corrected chi connectivity index (χ4v) is 3.91. The summed E-state index contributed by atoms with van der Waals surface area (Å²) in [6.07, 6.45) is 0. The number of carbonyl (C=O) groups excluding carboxylic acids is 1. The minimum atomic E-state index is 0.123. The van der Waals surface area contributed by atoms with Crippen LogP contribution >= 0.6 is 0 Å². The van der Waals surface area contributed by atoms with Gasteiger partial charge in [0, 0.05) is 57.1 Å². The molecule has 1 amide bonds. The molecule has 2 aliphatic heterocycles. The number of morpholine rings is 1. The van der Waals surface area contributed by atoms with Crippen molar-refractivity contribution in [2.75, 3.05) is 64.5 Å². The van der Waals surface area contributed by atoms with Crippen LogP contribution in [0.2, 0.25) is 0 Å². The topological polar surface area (TPSA) is 45.2 Å². The minimum absolute atomic E-state index is 0.123. The van der Waals surface area contributed by atoms with E-state index in [1.165, 1.54) is 11.3 Å². The number of ether oxygens (including phenoxy) is 2. The lowest BCUT2D eigenvalue weighted by Gasteiger charge is -2.36. The monoisotopic (exact) mass is 395 g/mol. The number of benzene rings is 2. The van der Waals surface area contributed by atoms with E-state index in [1.807, 2.05) is 29.2 Å². The maximum atomic E-state index is 12.9. The summed E-state index contributed by atoms with van der Waals surface area (Å²) in [5.41, 5.74) is 3.19. The van der Waals surface area contributed by atoms with Crippen molar-refractivity contribution >= 4 is 11.6 Å². The van der Waals surface area contributed by atoms with E-state index in [-0.39, 0.29) is 5.91 Å². The highest BCUT2D eigenvalue weighted by molar-refractivity contribution is 5.94. The van der Waals surface area contributed by atoms with Crippen molar-refractivity contribution in [3.63, 3.8) is 0 Å². The molecule has 0 aliphatic carbocycles. The Hall–Kier alpha value is -2.57. The van der Waals surface area contributed by atoms with Gasteiger partial charge in [0.1, 0.15) is 5.75 Å². The highest BCUT2D eigenvalue weighted by Crippen LogP contribution is 2.21. The number of piperazine rings is 1. The highest BCUT2D eigenvalue weighted by Gasteiger charge is 2.22. The van der Waals surface area contributed by atoms with Crippen LogP contribution in [0.4, 0.5) is 5.69 Å². The number of hydrogen-bond acceptors (Lipinski definition) is 5. The van der Waals surface area contributed by atoms with Crippen molar-refractivity contribution in [2.45, 2.75) is 6.54 Å². The highest BCUT2D eigenvalue weighted by atomic mass is 16.5. The fraction of sp³-hybridized carbons (Fsp3) is 0.435. The van der Waals surface area contributed by atoms with E-state index in [9.17, 15) is 4.79 Å². The van der Waals surface area contributed by atoms with Gasteiger partial charge in [-0.15, -0.1) is 0 Å². The van der Waals surface area contributed by atoms with Gasteiger partial charge in [-0.05, 0) is 42.0 Å². The van der Waals surface area contributed by atoms with E-state index < -0.39 is 0 Å². The number of anilines is 1. The third-order valence-corrected chi connectivity index (χ3v) is 5.72. The Labute approximate surface area is 172 Å². The van der Waals surface area contributed by atoms with Crippen LogP contribution in [-0.4, -0.2) is 75.3 Å². The molecule has 2 aliphatic rings. The maximum Gasteiger partial charge on any atom is 0.253 e. The quantitative estimate of drug-likeness (QED) is 0.778. The van der Waals surface area contributed by atoms with E-state index in [2.05, 4.69) is 34.1 Å². The van der Waals surface area contributed by atoms with Gasteiger partial charge in [-0.25, -0.2) is 0 Å². The summed E-state index contributed by atoms with van der Waals surface area (Å²) < 4.78 is 10.6. The largest absolute Gasteiger partial charge is 0.497 e. The zero-order chi connectivity index (χ0) is 20.1. The molecule has 0 bridgehead atoms. The molecule has 0 atom stereocenters. The molecule has 0 N–H and O–H groups in total. The van der Waals surface area contributed by atoms with Crippen LogP contribution in [0.3, 0.4) is 0 Å². The summed E-state index contributed by atoms with van der Waals surface area (Å²) in [5, 5.41) is 0. The average molecular weight is 396 g/mol. The molecule has 0 aromatic heterocycles. The molecular formula is C23H29N3O3. The molecule has 29 heavy (non-hydrogen) atoms. The molecular weight excluding hydrogens is 366 g/mol. The van der Waals surface area contributed by atoms with Crippen LogP contribution < -0.4 is 9.64 Å². The molecule has 154 valence electrons. The Kier molecular flexibility index (Phi) is 6.32. The summed E-state index contributed by atoms with van der Waals surface area (Å²) in [5.74, 6) is 0.983. The van der Waals surface area contributed by atoms with Crippen molar-refractivity contribution in [1.82, 2.24) is 9.80 Å². The predicted octanol–water partition coefficient (Wildman–Crippen LogP) is 2.49. The van der Waals surface area contributed by atoms with Gasteiger partial charge in [-0.2, -0.15) is 0 Å². The van der Waals surface area contributed by atoms with Gasteiger partial charge in [-0.1, -0.05) is 12.1 Å². The number of hydrogen-bond donors (Lipinski definition) is 0. The van der Waals surface area contributed by atoms with Crippen LogP contribution in [0.1, 0.15) is 15.9 Å². The maximum absolute atomic E-state index is 12.9. The predicted molar refractivity (Wildman–Crippen MR) is 114 cm³/mol. The Morgan fingerprint density at radius 3 is 2.17 bits per heavy atom. The molecule has 0 unspecified atom stereocenters. The lowest BCUT2D eigenvalue weighted by molar-refractivity contribution is 0.0342. The Bertz CT molecular complexity index is 793. The first-order chi connectivity index (χ1) is 14.2. The van der Waals surface area contributed by atoms with Gasteiger partial charge in [0.05, 0.1) is 20.3 Å². The number of carbonyl (C=O) groups is 1. The Morgan fingerprint density at radius 1 is 0.897 bits per heavy atom. The van der Waals surface area contributed by atoms with Crippen molar-refractivity contribution in [3.05, 3.63) is 59.7 Å². The summed E-state index contributed by atoms with van der Waals surface area (Å²) in [6.45, 7) is 7.62. The van der Waals surface area contributed by atoms with Gasteiger partial charge in [0.2, 0.25) is 0 Å². The van der Waals surface area contributed by atoms with Crippen LogP contribution in [0.15, 0.2) is 48.5 Å².